The summed E-state index contributed by atoms with van der Waals surface area (Å²) in [6, 6.07) is 7.52. The number of methoxy groups -OCH3 is 1. The monoisotopic (exact) mass is 474 g/mol. The van der Waals surface area contributed by atoms with Gasteiger partial charge in [0.05, 0.1) is 35.7 Å². The van der Waals surface area contributed by atoms with Crippen LogP contribution in [-0.4, -0.2) is 66.1 Å². The molecule has 9 heteroatoms. The van der Waals surface area contributed by atoms with Crippen molar-refractivity contribution in [3.05, 3.63) is 54.5 Å². The van der Waals surface area contributed by atoms with Gasteiger partial charge in [-0.3, -0.25) is 19.5 Å². The molecule has 0 N–H and O–H groups in total. The molecule has 0 radical (unpaired) electrons. The maximum absolute atomic E-state index is 12.9. The largest absolute Gasteiger partial charge is 0.384 e. The first kappa shape index (κ1) is 24.4. The van der Waals surface area contributed by atoms with Crippen LogP contribution >= 0.6 is 0 Å². The topological polar surface area (TPSA) is 103 Å². The van der Waals surface area contributed by atoms with Crippen molar-refractivity contribution >= 4 is 29.0 Å². The van der Waals surface area contributed by atoms with E-state index in [2.05, 4.69) is 22.5 Å². The minimum atomic E-state index is -0.298. The van der Waals surface area contributed by atoms with Crippen molar-refractivity contribution < 1.29 is 14.3 Å². The molecule has 0 bridgehead atoms. The molecule has 182 valence electrons. The Labute approximate surface area is 205 Å². The molecule has 2 aliphatic rings. The molecule has 1 atom stereocenters. The molecule has 1 aliphatic carbocycles. The molecule has 0 spiro atoms. The maximum atomic E-state index is 12.9. The highest BCUT2D eigenvalue weighted by molar-refractivity contribution is 6.07. The molecule has 35 heavy (non-hydrogen) atoms. The van der Waals surface area contributed by atoms with Crippen molar-refractivity contribution in [2.75, 3.05) is 43.2 Å². The summed E-state index contributed by atoms with van der Waals surface area (Å²) < 4.78 is 5.05. The molecule has 3 heterocycles. The van der Waals surface area contributed by atoms with Crippen LogP contribution < -0.4 is 9.80 Å². The average Bonchev–Trinajstić information content (AvgIpc) is 3.73. The number of aromatic nitrogens is 2. The fourth-order valence-electron chi connectivity index (χ4n) is 4.49. The van der Waals surface area contributed by atoms with Crippen LogP contribution in [0.1, 0.15) is 43.4 Å². The minimum absolute atomic E-state index is 0.0267. The summed E-state index contributed by atoms with van der Waals surface area (Å²) in [6.07, 6.45) is 6.82. The number of carbonyl (C=O) groups excluding carboxylic acids is 2. The smallest absolute Gasteiger partial charge is 0.254 e. The van der Waals surface area contributed by atoms with Crippen LogP contribution in [0.3, 0.4) is 0 Å². The minimum Gasteiger partial charge on any atom is -0.384 e. The second kappa shape index (κ2) is 10.7. The van der Waals surface area contributed by atoms with Crippen molar-refractivity contribution in [3.63, 3.8) is 0 Å². The molecule has 1 aliphatic heterocycles. The van der Waals surface area contributed by atoms with E-state index in [9.17, 15) is 14.9 Å². The van der Waals surface area contributed by atoms with E-state index in [4.69, 9.17) is 9.72 Å². The predicted octanol–water partition coefficient (Wildman–Crippen LogP) is 3.15. The second-order valence-corrected chi connectivity index (χ2v) is 8.86. The Morgan fingerprint density at radius 1 is 1.31 bits per heavy atom. The van der Waals surface area contributed by atoms with Gasteiger partial charge < -0.3 is 14.5 Å². The van der Waals surface area contributed by atoms with Gasteiger partial charge in [0.15, 0.2) is 0 Å². The molecule has 0 aromatic carbocycles. The average molecular weight is 475 g/mol. The van der Waals surface area contributed by atoms with Crippen LogP contribution in [-0.2, 0) is 14.3 Å². The zero-order chi connectivity index (χ0) is 24.9. The zero-order valence-electron chi connectivity index (χ0n) is 20.2. The van der Waals surface area contributed by atoms with E-state index in [1.54, 1.807) is 42.6 Å². The number of nitrogens with zero attached hydrogens (tertiary/aromatic N) is 6. The highest BCUT2D eigenvalue weighted by Gasteiger charge is 2.35. The number of pyridine rings is 2. The summed E-state index contributed by atoms with van der Waals surface area (Å²) >= 11 is 0. The SMILES string of the molecule is C=CC(=O)N(c1ccncc1)c1cc(C#N)c(N2CCN(C(=O)CCOC)[C@H](C)C2)nc1C1CC1. The van der Waals surface area contributed by atoms with Crippen molar-refractivity contribution in [1.82, 2.24) is 14.9 Å². The summed E-state index contributed by atoms with van der Waals surface area (Å²) in [5.41, 5.74) is 2.44. The van der Waals surface area contributed by atoms with Gasteiger partial charge in [-0.1, -0.05) is 6.58 Å². The second-order valence-electron chi connectivity index (χ2n) is 8.86. The van der Waals surface area contributed by atoms with E-state index in [1.165, 1.54) is 6.08 Å². The lowest BCUT2D eigenvalue weighted by Gasteiger charge is -2.41. The number of anilines is 3. The van der Waals surface area contributed by atoms with Crippen LogP contribution in [0.25, 0.3) is 0 Å². The van der Waals surface area contributed by atoms with Crippen molar-refractivity contribution in [2.45, 2.75) is 38.1 Å². The molecule has 1 saturated carbocycles. The van der Waals surface area contributed by atoms with Crippen molar-refractivity contribution in [2.24, 2.45) is 0 Å². The van der Waals surface area contributed by atoms with Crippen LogP contribution in [0.4, 0.5) is 17.2 Å². The molecule has 4 rings (SSSR count). The molecule has 9 nitrogen and oxygen atoms in total. The summed E-state index contributed by atoms with van der Waals surface area (Å²) in [7, 11) is 1.59. The summed E-state index contributed by atoms with van der Waals surface area (Å²) in [5.74, 6) is 0.605. The number of nitriles is 1. The lowest BCUT2D eigenvalue weighted by atomic mass is 10.1. The molecule has 1 saturated heterocycles. The van der Waals surface area contributed by atoms with Crippen LogP contribution in [0.5, 0.6) is 0 Å². The Kier molecular flexibility index (Phi) is 7.42. The van der Waals surface area contributed by atoms with E-state index in [0.717, 1.165) is 18.5 Å². The first-order chi connectivity index (χ1) is 17.0. The quantitative estimate of drug-likeness (QED) is 0.542. The number of piperazine rings is 1. The highest BCUT2D eigenvalue weighted by atomic mass is 16.5. The number of ether oxygens (including phenoxy) is 1. The van der Waals surface area contributed by atoms with Gasteiger partial charge >= 0.3 is 0 Å². The van der Waals surface area contributed by atoms with Gasteiger partial charge in [-0.05, 0) is 44.0 Å². The van der Waals surface area contributed by atoms with E-state index >= 15 is 0 Å². The van der Waals surface area contributed by atoms with Gasteiger partial charge in [0.2, 0.25) is 5.91 Å². The first-order valence-electron chi connectivity index (χ1n) is 11.8. The van der Waals surface area contributed by atoms with Gasteiger partial charge in [0.25, 0.3) is 5.91 Å². The maximum Gasteiger partial charge on any atom is 0.254 e. The Hall–Kier alpha value is -3.77. The number of rotatable bonds is 8. The Morgan fingerprint density at radius 2 is 2.06 bits per heavy atom. The molecule has 2 aromatic rings. The normalized spacial score (nSPS) is 17.6. The Balaban J connectivity index is 1.69. The summed E-state index contributed by atoms with van der Waals surface area (Å²) in [4.78, 5) is 40.0. The number of amides is 2. The van der Waals surface area contributed by atoms with Gasteiger partial charge in [-0.15, -0.1) is 0 Å². The molecular formula is C26H30N6O3. The van der Waals surface area contributed by atoms with E-state index in [0.29, 0.717) is 55.4 Å². The van der Waals surface area contributed by atoms with E-state index in [1.807, 2.05) is 11.8 Å². The van der Waals surface area contributed by atoms with E-state index < -0.39 is 0 Å². The van der Waals surface area contributed by atoms with Crippen molar-refractivity contribution in [1.29, 1.82) is 5.26 Å². The van der Waals surface area contributed by atoms with Crippen LogP contribution in [0, 0.1) is 11.3 Å². The van der Waals surface area contributed by atoms with Gasteiger partial charge in [0.1, 0.15) is 11.9 Å². The third-order valence-electron chi connectivity index (χ3n) is 6.42. The number of carbonyl (C=O) groups is 2. The standard InChI is InChI=1S/C26H30N6O3/c1-4-23(33)32(21-7-10-28-11-8-21)22-15-20(16-27)26(29-25(22)19-5-6-19)30-12-13-31(18(2)17-30)24(34)9-14-35-3/h4,7-8,10-11,15,18-19H,1,5-6,9,12-14,17H2,2-3H3/t18-/m1/s1. The van der Waals surface area contributed by atoms with E-state index in [-0.39, 0.29) is 23.8 Å². The highest BCUT2D eigenvalue weighted by Crippen LogP contribution is 2.46. The number of hydrogen-bond acceptors (Lipinski definition) is 7. The molecular weight excluding hydrogens is 444 g/mol. The number of hydrogen-bond donors (Lipinski definition) is 0. The predicted molar refractivity (Wildman–Crippen MR) is 132 cm³/mol. The third kappa shape index (κ3) is 5.17. The first-order valence-corrected chi connectivity index (χ1v) is 11.8. The summed E-state index contributed by atoms with van der Waals surface area (Å²) in [5, 5.41) is 10.0. The van der Waals surface area contributed by atoms with Crippen LogP contribution in [0.2, 0.25) is 0 Å². The fraction of sp³-hybridized carbons (Fsp3) is 0.423. The molecule has 0 unspecified atom stereocenters. The van der Waals surface area contributed by atoms with Gasteiger partial charge in [-0.25, -0.2) is 4.98 Å². The molecule has 2 amide bonds. The fourth-order valence-corrected chi connectivity index (χ4v) is 4.49. The molecule has 2 aromatic heterocycles. The lowest BCUT2D eigenvalue weighted by molar-refractivity contribution is -0.134. The van der Waals surface area contributed by atoms with Gasteiger partial charge in [0, 0.05) is 51.1 Å². The Morgan fingerprint density at radius 3 is 2.66 bits per heavy atom. The van der Waals surface area contributed by atoms with Crippen LogP contribution in [0.15, 0.2) is 43.2 Å². The third-order valence-corrected chi connectivity index (χ3v) is 6.42. The Bertz CT molecular complexity index is 1140. The summed E-state index contributed by atoms with van der Waals surface area (Å²) in [6.45, 7) is 7.77. The zero-order valence-corrected chi connectivity index (χ0v) is 20.2. The van der Waals surface area contributed by atoms with Crippen molar-refractivity contribution in [3.8, 4) is 6.07 Å². The lowest BCUT2D eigenvalue weighted by Crippen LogP contribution is -2.54. The van der Waals surface area contributed by atoms with Gasteiger partial charge in [-0.2, -0.15) is 5.26 Å². The molecule has 2 fully saturated rings.